The Balaban J connectivity index is 1.45. The monoisotopic (exact) mass is 316 g/mol. The zero-order valence-electron chi connectivity index (χ0n) is 13.8. The third-order valence-electron chi connectivity index (χ3n) is 5.53. The maximum absolute atomic E-state index is 12.7. The van der Waals surface area contributed by atoms with Crippen molar-refractivity contribution in [3.63, 3.8) is 0 Å². The average Bonchev–Trinajstić information content (AvgIpc) is 3.41. The number of H-pyrrole nitrogens is 1. The van der Waals surface area contributed by atoms with E-state index in [-0.39, 0.29) is 29.2 Å². The fourth-order valence-electron chi connectivity index (χ4n) is 3.53. The van der Waals surface area contributed by atoms with Crippen molar-refractivity contribution in [3.8, 4) is 0 Å². The Labute approximate surface area is 136 Å². The van der Waals surface area contributed by atoms with Crippen molar-refractivity contribution in [1.29, 1.82) is 0 Å². The highest BCUT2D eigenvalue weighted by Gasteiger charge is 2.57. The highest BCUT2D eigenvalue weighted by Crippen LogP contribution is 2.53. The summed E-state index contributed by atoms with van der Waals surface area (Å²) in [6, 6.07) is 1.96. The molecule has 0 bridgehead atoms. The third-order valence-corrected chi connectivity index (χ3v) is 5.53. The molecule has 0 unspecified atom stereocenters. The Kier molecular flexibility index (Phi) is 3.25. The van der Waals surface area contributed by atoms with E-state index in [9.17, 15) is 9.59 Å². The lowest BCUT2D eigenvalue weighted by molar-refractivity contribution is -0.123. The van der Waals surface area contributed by atoms with Crippen LogP contribution >= 0.6 is 0 Å². The van der Waals surface area contributed by atoms with Gasteiger partial charge in [-0.2, -0.15) is 5.10 Å². The molecule has 0 radical (unpaired) electrons. The third kappa shape index (κ3) is 2.64. The summed E-state index contributed by atoms with van der Waals surface area (Å²) in [5.74, 6) is 0.693. The van der Waals surface area contributed by atoms with Gasteiger partial charge in [0.05, 0.1) is 6.04 Å². The highest BCUT2D eigenvalue weighted by molar-refractivity contribution is 5.93. The minimum absolute atomic E-state index is 0.0254. The number of aromatic amines is 1. The Morgan fingerprint density at radius 1 is 1.39 bits per heavy atom. The van der Waals surface area contributed by atoms with Gasteiger partial charge in [-0.3, -0.25) is 14.7 Å². The van der Waals surface area contributed by atoms with Crippen molar-refractivity contribution < 1.29 is 9.59 Å². The Morgan fingerprint density at radius 2 is 2.13 bits per heavy atom. The fourth-order valence-corrected chi connectivity index (χ4v) is 3.53. The predicted octanol–water partition coefficient (Wildman–Crippen LogP) is 1.66. The molecule has 0 aromatic carbocycles. The smallest absolute Gasteiger partial charge is 0.274 e. The van der Waals surface area contributed by atoms with Crippen LogP contribution in [0.5, 0.6) is 0 Å². The van der Waals surface area contributed by atoms with Gasteiger partial charge in [0.15, 0.2) is 0 Å². The molecule has 6 nitrogen and oxygen atoms in total. The SMILES string of the molecule is CC(C)c1cc(C(=O)N2C[C@H](NC(=O)C3CC3)C3(CC3)C2)n[nH]1. The lowest BCUT2D eigenvalue weighted by Gasteiger charge is -2.18. The summed E-state index contributed by atoms with van der Waals surface area (Å²) in [5, 5.41) is 10.3. The summed E-state index contributed by atoms with van der Waals surface area (Å²) in [5.41, 5.74) is 1.59. The van der Waals surface area contributed by atoms with E-state index >= 15 is 0 Å². The predicted molar refractivity (Wildman–Crippen MR) is 84.9 cm³/mol. The van der Waals surface area contributed by atoms with E-state index in [2.05, 4.69) is 29.4 Å². The second-order valence-corrected chi connectivity index (χ2v) is 7.75. The first kappa shape index (κ1) is 14.7. The molecule has 1 saturated heterocycles. The van der Waals surface area contributed by atoms with Gasteiger partial charge in [0.2, 0.25) is 5.91 Å². The molecule has 1 aromatic rings. The summed E-state index contributed by atoms with van der Waals surface area (Å²) >= 11 is 0. The molecule has 1 aliphatic heterocycles. The van der Waals surface area contributed by atoms with Crippen LogP contribution in [0.2, 0.25) is 0 Å². The van der Waals surface area contributed by atoms with Crippen LogP contribution in [-0.4, -0.2) is 46.0 Å². The zero-order valence-corrected chi connectivity index (χ0v) is 13.8. The van der Waals surface area contributed by atoms with Gasteiger partial charge in [0.25, 0.3) is 5.91 Å². The average molecular weight is 316 g/mol. The molecule has 3 fully saturated rings. The maximum Gasteiger partial charge on any atom is 0.274 e. The van der Waals surface area contributed by atoms with Crippen molar-refractivity contribution in [3.05, 3.63) is 17.5 Å². The second-order valence-electron chi connectivity index (χ2n) is 7.75. The zero-order chi connectivity index (χ0) is 16.2. The van der Waals surface area contributed by atoms with Gasteiger partial charge < -0.3 is 10.2 Å². The molecule has 6 heteroatoms. The lowest BCUT2D eigenvalue weighted by atomic mass is 10.0. The van der Waals surface area contributed by atoms with Crippen LogP contribution in [-0.2, 0) is 4.79 Å². The molecule has 2 N–H and O–H groups in total. The van der Waals surface area contributed by atoms with E-state index in [1.165, 1.54) is 0 Å². The minimum atomic E-state index is -0.0254. The first-order valence-corrected chi connectivity index (χ1v) is 8.63. The summed E-state index contributed by atoms with van der Waals surface area (Å²) < 4.78 is 0. The van der Waals surface area contributed by atoms with Gasteiger partial charge in [-0.25, -0.2) is 0 Å². The fraction of sp³-hybridized carbons (Fsp3) is 0.706. The molecule has 1 atom stereocenters. The molecule has 2 heterocycles. The molecule has 2 saturated carbocycles. The largest absolute Gasteiger partial charge is 0.351 e. The molecule has 4 rings (SSSR count). The van der Waals surface area contributed by atoms with E-state index in [1.54, 1.807) is 0 Å². The van der Waals surface area contributed by atoms with Crippen molar-refractivity contribution in [2.24, 2.45) is 11.3 Å². The van der Waals surface area contributed by atoms with Crippen molar-refractivity contribution in [2.45, 2.75) is 51.5 Å². The number of aromatic nitrogens is 2. The van der Waals surface area contributed by atoms with E-state index in [0.717, 1.165) is 37.9 Å². The first-order valence-electron chi connectivity index (χ1n) is 8.63. The Bertz CT molecular complexity index is 643. The number of likely N-dealkylation sites (tertiary alicyclic amines) is 1. The second kappa shape index (κ2) is 5.08. The van der Waals surface area contributed by atoms with Crippen LogP contribution in [0.1, 0.15) is 61.6 Å². The van der Waals surface area contributed by atoms with Gasteiger partial charge in [0, 0.05) is 30.1 Å². The Morgan fingerprint density at radius 3 is 2.70 bits per heavy atom. The van der Waals surface area contributed by atoms with E-state index in [4.69, 9.17) is 0 Å². The number of hydrogen-bond acceptors (Lipinski definition) is 3. The summed E-state index contributed by atoms with van der Waals surface area (Å²) in [6.07, 6.45) is 4.23. The summed E-state index contributed by atoms with van der Waals surface area (Å²) in [6.45, 7) is 5.49. The molecular formula is C17H24N4O2. The van der Waals surface area contributed by atoms with E-state index < -0.39 is 0 Å². The molecular weight excluding hydrogens is 292 g/mol. The molecule has 2 aliphatic carbocycles. The van der Waals surface area contributed by atoms with Gasteiger partial charge in [-0.15, -0.1) is 0 Å². The van der Waals surface area contributed by atoms with Gasteiger partial charge in [-0.05, 0) is 37.7 Å². The van der Waals surface area contributed by atoms with Crippen molar-refractivity contribution in [1.82, 2.24) is 20.4 Å². The maximum atomic E-state index is 12.7. The molecule has 23 heavy (non-hydrogen) atoms. The van der Waals surface area contributed by atoms with Crippen LogP contribution < -0.4 is 5.32 Å². The number of nitrogens with zero attached hydrogens (tertiary/aromatic N) is 2. The van der Waals surface area contributed by atoms with Crippen LogP contribution in [0.25, 0.3) is 0 Å². The lowest BCUT2D eigenvalue weighted by Crippen LogP contribution is -2.42. The summed E-state index contributed by atoms with van der Waals surface area (Å²) in [7, 11) is 0. The van der Waals surface area contributed by atoms with E-state index in [1.807, 2.05) is 11.0 Å². The molecule has 124 valence electrons. The van der Waals surface area contributed by atoms with Crippen molar-refractivity contribution in [2.75, 3.05) is 13.1 Å². The number of rotatable bonds is 4. The van der Waals surface area contributed by atoms with Crippen LogP contribution in [0.4, 0.5) is 0 Å². The molecule has 2 amide bonds. The van der Waals surface area contributed by atoms with Crippen LogP contribution in [0, 0.1) is 11.3 Å². The number of carbonyl (C=O) groups is 2. The van der Waals surface area contributed by atoms with Gasteiger partial charge >= 0.3 is 0 Å². The standard InChI is InChI=1S/C17H24N4O2/c1-10(2)12-7-13(20-19-12)16(23)21-8-14(17(9-21)5-6-17)18-15(22)11-3-4-11/h7,10-11,14H,3-6,8-9H2,1-2H3,(H,18,22)(H,19,20)/t14-/m0/s1. The summed E-state index contributed by atoms with van der Waals surface area (Å²) in [4.78, 5) is 26.6. The molecule has 1 spiro atoms. The molecule has 1 aromatic heterocycles. The quantitative estimate of drug-likeness (QED) is 0.887. The Hall–Kier alpha value is -1.85. The van der Waals surface area contributed by atoms with Crippen molar-refractivity contribution >= 4 is 11.8 Å². The number of carbonyl (C=O) groups excluding carboxylic acids is 2. The number of amides is 2. The van der Waals surface area contributed by atoms with Gasteiger partial charge in [0.1, 0.15) is 5.69 Å². The number of nitrogens with one attached hydrogen (secondary N) is 2. The molecule has 3 aliphatic rings. The number of hydrogen-bond donors (Lipinski definition) is 2. The minimum Gasteiger partial charge on any atom is -0.351 e. The topological polar surface area (TPSA) is 78.1 Å². The first-order chi connectivity index (χ1) is 11.0. The van der Waals surface area contributed by atoms with Gasteiger partial charge in [-0.1, -0.05) is 13.8 Å². The highest BCUT2D eigenvalue weighted by atomic mass is 16.2. The van der Waals surface area contributed by atoms with Crippen LogP contribution in [0.15, 0.2) is 6.07 Å². The normalized spacial score (nSPS) is 25.2. The van der Waals surface area contributed by atoms with Crippen LogP contribution in [0.3, 0.4) is 0 Å². The van der Waals surface area contributed by atoms with E-state index in [0.29, 0.717) is 18.2 Å².